The summed E-state index contributed by atoms with van der Waals surface area (Å²) < 4.78 is 5.16. The summed E-state index contributed by atoms with van der Waals surface area (Å²) in [5.41, 5.74) is 2.96. The molecule has 96 valence electrons. The number of nitrogens with two attached hydrogens (primary N) is 1. The third-order valence-corrected chi connectivity index (χ3v) is 2.70. The van der Waals surface area contributed by atoms with E-state index >= 15 is 0 Å². The maximum Gasteiger partial charge on any atom is 0.301 e. The van der Waals surface area contributed by atoms with Crippen LogP contribution in [0.1, 0.15) is 43.3 Å². The second kappa shape index (κ2) is 6.42. The Labute approximate surface area is 102 Å². The fraction of sp³-hybridized carbons (Fsp3) is 0.583. The molecular formula is C12H21N3O2. The van der Waals surface area contributed by atoms with E-state index in [1.165, 1.54) is 6.26 Å². The normalized spacial score (nSPS) is 11.2. The van der Waals surface area contributed by atoms with Crippen LogP contribution < -0.4 is 11.3 Å². The predicted octanol–water partition coefficient (Wildman–Crippen LogP) is 1.50. The van der Waals surface area contributed by atoms with Gasteiger partial charge in [0, 0.05) is 18.2 Å². The van der Waals surface area contributed by atoms with Crippen molar-refractivity contribution in [3.05, 3.63) is 23.7 Å². The molecule has 1 rings (SSSR count). The van der Waals surface area contributed by atoms with Crippen molar-refractivity contribution in [3.63, 3.8) is 0 Å². The van der Waals surface area contributed by atoms with Crippen LogP contribution in [0.4, 0.5) is 0 Å². The highest BCUT2D eigenvalue weighted by Crippen LogP contribution is 2.15. The topological polar surface area (TPSA) is 71.5 Å². The molecule has 0 aromatic carbocycles. The molecule has 17 heavy (non-hydrogen) atoms. The Kier molecular flexibility index (Phi) is 5.18. The van der Waals surface area contributed by atoms with Crippen LogP contribution in [-0.2, 0) is 6.54 Å². The maximum absolute atomic E-state index is 11.5. The molecule has 1 amide bonds. The monoisotopic (exact) mass is 239 g/mol. The number of hydrazine groups is 1. The number of hydrogen-bond donors (Lipinski definition) is 2. The number of carbonyl (C=O) groups is 1. The van der Waals surface area contributed by atoms with Gasteiger partial charge in [-0.25, -0.2) is 5.84 Å². The Morgan fingerprint density at radius 2 is 2.29 bits per heavy atom. The van der Waals surface area contributed by atoms with Crippen LogP contribution in [0.5, 0.6) is 0 Å². The van der Waals surface area contributed by atoms with Crippen molar-refractivity contribution in [2.24, 2.45) is 5.84 Å². The molecule has 0 radical (unpaired) electrons. The zero-order valence-corrected chi connectivity index (χ0v) is 10.7. The van der Waals surface area contributed by atoms with Gasteiger partial charge < -0.3 is 4.42 Å². The van der Waals surface area contributed by atoms with Gasteiger partial charge in [-0.15, -0.1) is 0 Å². The molecule has 0 aliphatic carbocycles. The van der Waals surface area contributed by atoms with Crippen LogP contribution in [0.2, 0.25) is 0 Å². The van der Waals surface area contributed by atoms with Crippen molar-refractivity contribution >= 4 is 5.91 Å². The fourth-order valence-electron chi connectivity index (χ4n) is 1.75. The lowest BCUT2D eigenvalue weighted by Gasteiger charge is -2.25. The van der Waals surface area contributed by atoms with Gasteiger partial charge >= 0.3 is 5.91 Å². The molecule has 1 heterocycles. The van der Waals surface area contributed by atoms with Gasteiger partial charge in [0.05, 0.1) is 6.26 Å². The van der Waals surface area contributed by atoms with Crippen LogP contribution in [0.3, 0.4) is 0 Å². The van der Waals surface area contributed by atoms with Crippen molar-refractivity contribution in [1.29, 1.82) is 0 Å². The van der Waals surface area contributed by atoms with E-state index in [1.807, 2.05) is 6.07 Å². The van der Waals surface area contributed by atoms with Crippen molar-refractivity contribution in [1.82, 2.24) is 10.3 Å². The minimum atomic E-state index is -0.384. The molecule has 0 aliphatic rings. The first-order valence-corrected chi connectivity index (χ1v) is 5.91. The van der Waals surface area contributed by atoms with Crippen LogP contribution in [0, 0.1) is 0 Å². The number of hydrogen-bond acceptors (Lipinski definition) is 4. The zero-order valence-electron chi connectivity index (χ0n) is 10.7. The van der Waals surface area contributed by atoms with E-state index in [0.29, 0.717) is 18.3 Å². The fourth-order valence-corrected chi connectivity index (χ4v) is 1.75. The standard InChI is InChI=1S/C12H21N3O2/c1-4-6-15(9(2)3)8-10-5-7-17-11(10)12(16)14-13/h5,7,9H,4,6,8,13H2,1-3H3,(H,14,16). The van der Waals surface area contributed by atoms with Gasteiger partial charge in [0.15, 0.2) is 5.76 Å². The van der Waals surface area contributed by atoms with E-state index in [0.717, 1.165) is 18.5 Å². The molecule has 0 unspecified atom stereocenters. The second-order valence-corrected chi connectivity index (χ2v) is 4.31. The number of nitrogens with zero attached hydrogens (tertiary/aromatic N) is 1. The number of amides is 1. The van der Waals surface area contributed by atoms with Crippen molar-refractivity contribution in [3.8, 4) is 0 Å². The molecule has 0 saturated carbocycles. The molecule has 0 saturated heterocycles. The minimum absolute atomic E-state index is 0.300. The molecule has 5 heteroatoms. The molecule has 0 atom stereocenters. The van der Waals surface area contributed by atoms with Crippen molar-refractivity contribution in [2.45, 2.75) is 39.8 Å². The maximum atomic E-state index is 11.5. The number of nitrogen functional groups attached to an aromatic ring is 1. The Balaban J connectivity index is 2.79. The van der Waals surface area contributed by atoms with Crippen LogP contribution >= 0.6 is 0 Å². The van der Waals surface area contributed by atoms with Crippen LogP contribution in [0.25, 0.3) is 0 Å². The van der Waals surface area contributed by atoms with Gasteiger partial charge in [0.2, 0.25) is 0 Å². The summed E-state index contributed by atoms with van der Waals surface area (Å²) >= 11 is 0. The minimum Gasteiger partial charge on any atom is -0.459 e. The molecule has 1 aromatic rings. The lowest BCUT2D eigenvalue weighted by molar-refractivity contribution is 0.0922. The number of rotatable bonds is 6. The molecule has 1 aromatic heterocycles. The van der Waals surface area contributed by atoms with E-state index in [1.54, 1.807) is 0 Å². The van der Waals surface area contributed by atoms with Gasteiger partial charge in [-0.2, -0.15) is 0 Å². The summed E-state index contributed by atoms with van der Waals surface area (Å²) in [6.45, 7) is 8.10. The van der Waals surface area contributed by atoms with E-state index in [4.69, 9.17) is 10.3 Å². The third-order valence-electron chi connectivity index (χ3n) is 2.70. The number of furan rings is 1. The summed E-state index contributed by atoms with van der Waals surface area (Å²) in [6, 6.07) is 2.24. The van der Waals surface area contributed by atoms with Crippen molar-refractivity contribution in [2.75, 3.05) is 6.54 Å². The molecule has 0 aliphatic heterocycles. The first-order chi connectivity index (χ1) is 8.10. The average Bonchev–Trinajstić information content (AvgIpc) is 2.75. The van der Waals surface area contributed by atoms with E-state index in [2.05, 4.69) is 31.1 Å². The summed E-state index contributed by atoms with van der Waals surface area (Å²) in [5, 5.41) is 0. The van der Waals surface area contributed by atoms with E-state index < -0.39 is 0 Å². The lowest BCUT2D eigenvalue weighted by atomic mass is 10.2. The summed E-state index contributed by atoms with van der Waals surface area (Å²) in [7, 11) is 0. The van der Waals surface area contributed by atoms with Gasteiger partial charge in [-0.3, -0.25) is 15.1 Å². The van der Waals surface area contributed by atoms with Crippen molar-refractivity contribution < 1.29 is 9.21 Å². The quantitative estimate of drug-likeness (QED) is 0.448. The Morgan fingerprint density at radius 1 is 1.59 bits per heavy atom. The predicted molar refractivity (Wildman–Crippen MR) is 66.2 cm³/mol. The molecular weight excluding hydrogens is 218 g/mol. The Bertz CT molecular complexity index is 360. The second-order valence-electron chi connectivity index (χ2n) is 4.31. The van der Waals surface area contributed by atoms with Gasteiger partial charge in [0.25, 0.3) is 0 Å². The largest absolute Gasteiger partial charge is 0.459 e. The highest BCUT2D eigenvalue weighted by molar-refractivity contribution is 5.92. The Hall–Kier alpha value is -1.33. The first kappa shape index (κ1) is 13.7. The lowest BCUT2D eigenvalue weighted by Crippen LogP contribution is -2.33. The molecule has 3 N–H and O–H groups in total. The van der Waals surface area contributed by atoms with Gasteiger partial charge in [-0.1, -0.05) is 6.92 Å². The first-order valence-electron chi connectivity index (χ1n) is 5.91. The van der Waals surface area contributed by atoms with Gasteiger partial charge in [0.1, 0.15) is 0 Å². The molecule has 0 spiro atoms. The zero-order chi connectivity index (χ0) is 12.8. The van der Waals surface area contributed by atoms with Gasteiger partial charge in [-0.05, 0) is 32.9 Å². The van der Waals surface area contributed by atoms with E-state index in [9.17, 15) is 4.79 Å². The highest BCUT2D eigenvalue weighted by atomic mass is 16.3. The smallest absolute Gasteiger partial charge is 0.301 e. The molecule has 0 bridgehead atoms. The Morgan fingerprint density at radius 3 is 2.82 bits per heavy atom. The SMILES string of the molecule is CCCN(Cc1ccoc1C(=O)NN)C(C)C. The molecule has 5 nitrogen and oxygen atoms in total. The number of nitrogens with one attached hydrogen (secondary N) is 1. The summed E-state index contributed by atoms with van der Waals surface area (Å²) in [5.74, 6) is 5.02. The van der Waals surface area contributed by atoms with Crippen LogP contribution in [0.15, 0.2) is 16.7 Å². The highest BCUT2D eigenvalue weighted by Gasteiger charge is 2.17. The number of carbonyl (C=O) groups excluding carboxylic acids is 1. The summed E-state index contributed by atoms with van der Waals surface area (Å²) in [4.78, 5) is 13.7. The molecule has 0 fully saturated rings. The summed E-state index contributed by atoms with van der Waals surface area (Å²) in [6.07, 6.45) is 2.60. The van der Waals surface area contributed by atoms with Crippen LogP contribution in [-0.4, -0.2) is 23.4 Å². The third kappa shape index (κ3) is 3.57. The van der Waals surface area contributed by atoms with E-state index in [-0.39, 0.29) is 5.91 Å². The average molecular weight is 239 g/mol.